The molecule has 94 valence electrons. The first-order chi connectivity index (χ1) is 7.91. The van der Waals surface area contributed by atoms with Crippen LogP contribution < -0.4 is 11.1 Å². The lowest BCUT2D eigenvalue weighted by atomic mass is 10.1. The molecule has 0 spiro atoms. The smallest absolute Gasteiger partial charge is 0.247 e. The lowest BCUT2D eigenvalue weighted by Gasteiger charge is -2.17. The maximum atomic E-state index is 10.7. The average molecular weight is 366 g/mol. The number of carbonyl (C=O) groups is 1. The molecule has 4 N–H and O–H groups in total. The summed E-state index contributed by atoms with van der Waals surface area (Å²) < 4.78 is 1.94. The third-order valence-electron chi connectivity index (χ3n) is 2.37. The Morgan fingerprint density at radius 2 is 2.18 bits per heavy atom. The third-order valence-corrected chi connectivity index (χ3v) is 3.55. The lowest BCUT2D eigenvalue weighted by Crippen LogP contribution is -2.38. The molecule has 0 fully saturated rings. The highest BCUT2D eigenvalue weighted by Gasteiger charge is 2.14. The second kappa shape index (κ2) is 6.49. The Morgan fingerprint density at radius 1 is 1.53 bits per heavy atom. The molecule has 0 aromatic heterocycles. The normalized spacial score (nSPS) is 14.4. The first-order valence-corrected chi connectivity index (χ1v) is 6.66. The van der Waals surface area contributed by atoms with Crippen molar-refractivity contribution in [2.75, 3.05) is 6.54 Å². The topological polar surface area (TPSA) is 75.3 Å². The van der Waals surface area contributed by atoms with E-state index < -0.39 is 12.0 Å². The van der Waals surface area contributed by atoms with Gasteiger partial charge in [0.2, 0.25) is 5.91 Å². The van der Waals surface area contributed by atoms with Gasteiger partial charge < -0.3 is 16.2 Å². The van der Waals surface area contributed by atoms with Crippen molar-refractivity contribution >= 4 is 37.8 Å². The fourth-order valence-corrected chi connectivity index (χ4v) is 2.74. The molecule has 0 aliphatic rings. The molecule has 0 heterocycles. The van der Waals surface area contributed by atoms with Gasteiger partial charge in [0.15, 0.2) is 0 Å². The summed E-state index contributed by atoms with van der Waals surface area (Å²) in [4.78, 5) is 10.7. The van der Waals surface area contributed by atoms with Crippen LogP contribution in [0.15, 0.2) is 27.1 Å². The molecule has 0 radical (unpaired) electrons. The minimum absolute atomic E-state index is 0.00600. The molecule has 1 aromatic carbocycles. The quantitative estimate of drug-likeness (QED) is 0.743. The van der Waals surface area contributed by atoms with Crippen LogP contribution >= 0.6 is 31.9 Å². The number of carbonyl (C=O) groups excluding carboxylic acids is 1. The van der Waals surface area contributed by atoms with E-state index in [1.54, 1.807) is 0 Å². The van der Waals surface area contributed by atoms with Crippen molar-refractivity contribution in [1.29, 1.82) is 0 Å². The van der Waals surface area contributed by atoms with Gasteiger partial charge in [0.05, 0.1) is 0 Å². The third kappa shape index (κ3) is 4.39. The molecule has 4 nitrogen and oxygen atoms in total. The number of rotatable bonds is 5. The van der Waals surface area contributed by atoms with E-state index in [1.165, 1.54) is 0 Å². The molecule has 0 saturated carbocycles. The fraction of sp³-hybridized carbons (Fsp3) is 0.364. The maximum Gasteiger partial charge on any atom is 0.247 e. The Balaban J connectivity index is 2.64. The molecule has 1 aromatic rings. The monoisotopic (exact) mass is 364 g/mol. The van der Waals surface area contributed by atoms with Crippen LogP contribution in [0, 0.1) is 0 Å². The molecule has 2 atom stereocenters. The second-order valence-corrected chi connectivity index (χ2v) is 5.48. The average Bonchev–Trinajstić information content (AvgIpc) is 2.25. The summed E-state index contributed by atoms with van der Waals surface area (Å²) in [5.41, 5.74) is 6.01. The molecular weight excluding hydrogens is 352 g/mol. The van der Waals surface area contributed by atoms with E-state index in [4.69, 9.17) is 5.73 Å². The minimum Gasteiger partial charge on any atom is -0.382 e. The molecular formula is C11H14Br2N2O2. The lowest BCUT2D eigenvalue weighted by molar-refractivity contribution is -0.125. The predicted octanol–water partition coefficient (Wildman–Crippen LogP) is 1.71. The largest absolute Gasteiger partial charge is 0.382 e. The van der Waals surface area contributed by atoms with Gasteiger partial charge in [-0.1, -0.05) is 37.9 Å². The van der Waals surface area contributed by atoms with Gasteiger partial charge in [-0.2, -0.15) is 0 Å². The molecule has 0 aliphatic heterocycles. The van der Waals surface area contributed by atoms with Crippen LogP contribution in [-0.2, 0) is 4.79 Å². The Morgan fingerprint density at radius 3 is 2.71 bits per heavy atom. The van der Waals surface area contributed by atoms with Gasteiger partial charge in [0.25, 0.3) is 0 Å². The highest BCUT2D eigenvalue weighted by molar-refractivity contribution is 9.11. The number of hydrogen-bond acceptors (Lipinski definition) is 3. The van der Waals surface area contributed by atoms with Gasteiger partial charge in [-0.05, 0) is 24.6 Å². The summed E-state index contributed by atoms with van der Waals surface area (Å²) in [6.45, 7) is 2.08. The summed E-state index contributed by atoms with van der Waals surface area (Å²) in [6, 6.07) is 5.84. The zero-order valence-electron chi connectivity index (χ0n) is 9.28. The van der Waals surface area contributed by atoms with Crippen LogP contribution in [0.3, 0.4) is 0 Å². The zero-order chi connectivity index (χ0) is 13.0. The first-order valence-electron chi connectivity index (χ1n) is 5.07. The zero-order valence-corrected chi connectivity index (χ0v) is 12.5. The second-order valence-electron chi connectivity index (χ2n) is 3.71. The van der Waals surface area contributed by atoms with Crippen LogP contribution in [0.25, 0.3) is 0 Å². The molecule has 0 bridgehead atoms. The molecule has 0 saturated heterocycles. The van der Waals surface area contributed by atoms with Gasteiger partial charge >= 0.3 is 0 Å². The Bertz CT molecular complexity index is 412. The molecule has 0 aliphatic carbocycles. The SMILES string of the molecule is CC(NCC(O)C(N)=O)c1ccc(Br)cc1Br. The van der Waals surface area contributed by atoms with E-state index >= 15 is 0 Å². The van der Waals surface area contributed by atoms with Crippen molar-refractivity contribution in [3.05, 3.63) is 32.7 Å². The van der Waals surface area contributed by atoms with E-state index in [-0.39, 0.29) is 12.6 Å². The van der Waals surface area contributed by atoms with Gasteiger partial charge in [-0.3, -0.25) is 4.79 Å². The first kappa shape index (κ1) is 14.6. The van der Waals surface area contributed by atoms with Crippen LogP contribution in [0.2, 0.25) is 0 Å². The van der Waals surface area contributed by atoms with Crippen LogP contribution in [-0.4, -0.2) is 23.7 Å². The number of halogens is 2. The number of amides is 1. The highest BCUT2D eigenvalue weighted by atomic mass is 79.9. The summed E-state index contributed by atoms with van der Waals surface area (Å²) in [5.74, 6) is -0.723. The van der Waals surface area contributed by atoms with Crippen LogP contribution in [0.1, 0.15) is 18.5 Å². The Kier molecular flexibility index (Phi) is 5.58. The molecule has 2 unspecified atom stereocenters. The van der Waals surface area contributed by atoms with E-state index in [9.17, 15) is 9.90 Å². The van der Waals surface area contributed by atoms with Crippen molar-refractivity contribution < 1.29 is 9.90 Å². The molecule has 1 amide bonds. The summed E-state index contributed by atoms with van der Waals surface area (Å²) in [5, 5.41) is 12.3. The van der Waals surface area contributed by atoms with Crippen molar-refractivity contribution in [3.63, 3.8) is 0 Å². The van der Waals surface area contributed by atoms with E-state index in [0.717, 1.165) is 14.5 Å². The number of aliphatic hydroxyl groups is 1. The van der Waals surface area contributed by atoms with Crippen molar-refractivity contribution in [3.8, 4) is 0 Å². The molecule has 17 heavy (non-hydrogen) atoms. The van der Waals surface area contributed by atoms with Crippen molar-refractivity contribution in [1.82, 2.24) is 5.32 Å². The predicted molar refractivity (Wildman–Crippen MR) is 73.5 cm³/mol. The van der Waals surface area contributed by atoms with E-state index in [0.29, 0.717) is 0 Å². The van der Waals surface area contributed by atoms with Crippen molar-refractivity contribution in [2.45, 2.75) is 19.1 Å². The van der Waals surface area contributed by atoms with Gasteiger partial charge in [-0.25, -0.2) is 0 Å². The van der Waals surface area contributed by atoms with Crippen LogP contribution in [0.5, 0.6) is 0 Å². The number of benzene rings is 1. The standard InChI is InChI=1S/C11H14Br2N2O2/c1-6(15-5-10(16)11(14)17)8-3-2-7(12)4-9(8)13/h2-4,6,10,15-16H,5H2,1H3,(H2,14,17). The van der Waals surface area contributed by atoms with Gasteiger partial charge in [0, 0.05) is 21.5 Å². The van der Waals surface area contributed by atoms with E-state index in [2.05, 4.69) is 37.2 Å². The summed E-state index contributed by atoms with van der Waals surface area (Å²) in [7, 11) is 0. The van der Waals surface area contributed by atoms with Gasteiger partial charge in [0.1, 0.15) is 6.10 Å². The Hall–Kier alpha value is -0.430. The maximum absolute atomic E-state index is 10.7. The fourth-order valence-electron chi connectivity index (χ4n) is 1.35. The Labute approximate surface area is 117 Å². The van der Waals surface area contributed by atoms with Crippen LogP contribution in [0.4, 0.5) is 0 Å². The number of hydrogen-bond donors (Lipinski definition) is 3. The number of nitrogens with two attached hydrogens (primary N) is 1. The summed E-state index contributed by atoms with van der Waals surface area (Å²) in [6.07, 6.45) is -1.16. The number of primary amides is 1. The molecule has 6 heteroatoms. The van der Waals surface area contributed by atoms with Gasteiger partial charge in [-0.15, -0.1) is 0 Å². The number of nitrogens with one attached hydrogen (secondary N) is 1. The van der Waals surface area contributed by atoms with Crippen molar-refractivity contribution in [2.24, 2.45) is 5.73 Å². The highest BCUT2D eigenvalue weighted by Crippen LogP contribution is 2.26. The number of aliphatic hydroxyl groups excluding tert-OH is 1. The minimum atomic E-state index is -1.16. The molecule has 1 rings (SSSR count). The summed E-state index contributed by atoms with van der Waals surface area (Å²) >= 11 is 6.83. The van der Waals surface area contributed by atoms with E-state index in [1.807, 2.05) is 25.1 Å².